The van der Waals surface area contributed by atoms with Crippen LogP contribution >= 0.6 is 0 Å². The number of methoxy groups -OCH3 is 1. The molecule has 0 aliphatic heterocycles. The van der Waals surface area contributed by atoms with Crippen LogP contribution in [0.3, 0.4) is 0 Å². The second-order valence-corrected chi connectivity index (χ2v) is 8.05. The molecule has 0 fully saturated rings. The first kappa shape index (κ1) is 24.4. The summed E-state index contributed by atoms with van der Waals surface area (Å²) in [6.45, 7) is 9.10. The summed E-state index contributed by atoms with van der Waals surface area (Å²) in [7, 11) is 1.63. The lowest BCUT2D eigenvalue weighted by molar-refractivity contribution is -0.140. The lowest BCUT2D eigenvalue weighted by atomic mass is 10.0. The number of carbonyl (C=O) groups is 2. The SMILES string of the molecule is CCCCNC(=O)[C@H](CC)N(Cc1ccc(OC)cc1)C(=O)Cc1cc(C)ccc1C. The van der Waals surface area contributed by atoms with E-state index in [1.165, 1.54) is 0 Å². The van der Waals surface area contributed by atoms with Crippen LogP contribution in [0.2, 0.25) is 0 Å². The number of hydrogen-bond donors (Lipinski definition) is 1. The minimum atomic E-state index is -0.503. The zero-order valence-corrected chi connectivity index (χ0v) is 19.5. The third-order valence-electron chi connectivity index (χ3n) is 5.57. The highest BCUT2D eigenvalue weighted by Crippen LogP contribution is 2.19. The second kappa shape index (κ2) is 12.1. The van der Waals surface area contributed by atoms with Gasteiger partial charge < -0.3 is 15.0 Å². The fraction of sp³-hybridized carbons (Fsp3) is 0.462. The number of amides is 2. The first-order valence-corrected chi connectivity index (χ1v) is 11.2. The van der Waals surface area contributed by atoms with Gasteiger partial charge in [0.15, 0.2) is 0 Å². The minimum Gasteiger partial charge on any atom is -0.497 e. The van der Waals surface area contributed by atoms with Gasteiger partial charge in [-0.15, -0.1) is 0 Å². The zero-order chi connectivity index (χ0) is 22.8. The quantitative estimate of drug-likeness (QED) is 0.537. The maximum absolute atomic E-state index is 13.5. The largest absolute Gasteiger partial charge is 0.497 e. The van der Waals surface area contributed by atoms with Crippen molar-refractivity contribution in [3.63, 3.8) is 0 Å². The first-order valence-electron chi connectivity index (χ1n) is 11.2. The second-order valence-electron chi connectivity index (χ2n) is 8.05. The third kappa shape index (κ3) is 7.12. The molecule has 31 heavy (non-hydrogen) atoms. The van der Waals surface area contributed by atoms with Crippen LogP contribution in [-0.4, -0.2) is 36.4 Å². The fourth-order valence-electron chi connectivity index (χ4n) is 3.61. The third-order valence-corrected chi connectivity index (χ3v) is 5.57. The summed E-state index contributed by atoms with van der Waals surface area (Å²) in [5, 5.41) is 3.01. The molecule has 0 saturated heterocycles. The molecular weight excluding hydrogens is 388 g/mol. The van der Waals surface area contributed by atoms with Crippen molar-refractivity contribution in [1.29, 1.82) is 0 Å². The van der Waals surface area contributed by atoms with Crippen molar-refractivity contribution in [3.05, 3.63) is 64.7 Å². The van der Waals surface area contributed by atoms with E-state index in [2.05, 4.69) is 24.4 Å². The van der Waals surface area contributed by atoms with E-state index in [-0.39, 0.29) is 18.2 Å². The number of unbranched alkanes of at least 4 members (excludes halogenated alkanes) is 1. The number of aryl methyl sites for hydroxylation is 2. The van der Waals surface area contributed by atoms with Gasteiger partial charge in [0.1, 0.15) is 11.8 Å². The molecule has 2 aromatic rings. The summed E-state index contributed by atoms with van der Waals surface area (Å²) in [6, 6.07) is 13.3. The van der Waals surface area contributed by atoms with Gasteiger partial charge in [-0.1, -0.05) is 56.2 Å². The van der Waals surface area contributed by atoms with Crippen molar-refractivity contribution in [1.82, 2.24) is 10.2 Å². The van der Waals surface area contributed by atoms with Gasteiger partial charge in [0.2, 0.25) is 11.8 Å². The Balaban J connectivity index is 2.28. The van der Waals surface area contributed by atoms with Crippen LogP contribution in [0.4, 0.5) is 0 Å². The Morgan fingerprint density at radius 3 is 2.39 bits per heavy atom. The molecule has 5 nitrogen and oxygen atoms in total. The van der Waals surface area contributed by atoms with Gasteiger partial charge >= 0.3 is 0 Å². The van der Waals surface area contributed by atoms with Gasteiger partial charge in [-0.05, 0) is 55.5 Å². The van der Waals surface area contributed by atoms with E-state index in [0.717, 1.165) is 40.8 Å². The summed E-state index contributed by atoms with van der Waals surface area (Å²) in [5.41, 5.74) is 4.18. The zero-order valence-electron chi connectivity index (χ0n) is 19.5. The molecular formula is C26H36N2O3. The highest BCUT2D eigenvalue weighted by Gasteiger charge is 2.28. The number of nitrogens with one attached hydrogen (secondary N) is 1. The van der Waals surface area contributed by atoms with Crippen molar-refractivity contribution >= 4 is 11.8 Å². The van der Waals surface area contributed by atoms with Gasteiger partial charge in [-0.3, -0.25) is 9.59 Å². The minimum absolute atomic E-state index is 0.0398. The Hall–Kier alpha value is -2.82. The monoisotopic (exact) mass is 424 g/mol. The van der Waals surface area contributed by atoms with Crippen molar-refractivity contribution in [2.75, 3.05) is 13.7 Å². The number of carbonyl (C=O) groups excluding carboxylic acids is 2. The molecule has 0 spiro atoms. The van der Waals surface area contributed by atoms with Gasteiger partial charge in [0, 0.05) is 13.1 Å². The van der Waals surface area contributed by atoms with Crippen LogP contribution in [0.1, 0.15) is 55.4 Å². The van der Waals surface area contributed by atoms with E-state index in [4.69, 9.17) is 4.74 Å². The van der Waals surface area contributed by atoms with E-state index in [0.29, 0.717) is 19.5 Å². The molecule has 2 rings (SSSR count). The van der Waals surface area contributed by atoms with Crippen molar-refractivity contribution in [2.45, 2.75) is 66.0 Å². The first-order chi connectivity index (χ1) is 14.9. The molecule has 0 saturated carbocycles. The average Bonchev–Trinajstić information content (AvgIpc) is 2.76. The van der Waals surface area contributed by atoms with E-state index < -0.39 is 6.04 Å². The molecule has 2 aromatic carbocycles. The van der Waals surface area contributed by atoms with E-state index in [9.17, 15) is 9.59 Å². The van der Waals surface area contributed by atoms with Crippen molar-refractivity contribution in [3.8, 4) is 5.75 Å². The predicted molar refractivity (Wildman–Crippen MR) is 125 cm³/mol. The topological polar surface area (TPSA) is 58.6 Å². The van der Waals surface area contributed by atoms with Crippen LogP contribution in [0.5, 0.6) is 5.75 Å². The van der Waals surface area contributed by atoms with Crippen LogP contribution in [-0.2, 0) is 22.6 Å². The Morgan fingerprint density at radius 2 is 1.77 bits per heavy atom. The van der Waals surface area contributed by atoms with Crippen LogP contribution in [0.25, 0.3) is 0 Å². The Morgan fingerprint density at radius 1 is 1.06 bits per heavy atom. The van der Waals surface area contributed by atoms with E-state index in [1.54, 1.807) is 12.0 Å². The molecule has 1 N–H and O–H groups in total. The number of benzene rings is 2. The van der Waals surface area contributed by atoms with Crippen LogP contribution < -0.4 is 10.1 Å². The predicted octanol–water partition coefficient (Wildman–Crippen LogP) is 4.58. The number of rotatable bonds is 11. The molecule has 5 heteroatoms. The summed E-state index contributed by atoms with van der Waals surface area (Å²) in [6.07, 6.45) is 2.78. The summed E-state index contributed by atoms with van der Waals surface area (Å²) >= 11 is 0. The highest BCUT2D eigenvalue weighted by molar-refractivity contribution is 5.88. The smallest absolute Gasteiger partial charge is 0.242 e. The Bertz CT molecular complexity index is 861. The summed E-state index contributed by atoms with van der Waals surface area (Å²) < 4.78 is 5.24. The van der Waals surface area contributed by atoms with E-state index >= 15 is 0 Å². The molecule has 0 aliphatic carbocycles. The Labute approximate surface area is 186 Å². The highest BCUT2D eigenvalue weighted by atomic mass is 16.5. The normalized spacial score (nSPS) is 11.6. The number of hydrogen-bond acceptors (Lipinski definition) is 3. The summed E-state index contributed by atoms with van der Waals surface area (Å²) in [4.78, 5) is 28.1. The van der Waals surface area contributed by atoms with Crippen molar-refractivity contribution < 1.29 is 14.3 Å². The fourth-order valence-corrected chi connectivity index (χ4v) is 3.61. The molecule has 0 aliphatic rings. The van der Waals surface area contributed by atoms with Crippen LogP contribution in [0, 0.1) is 13.8 Å². The number of nitrogens with zero attached hydrogens (tertiary/aromatic N) is 1. The van der Waals surface area contributed by atoms with Gasteiger partial charge in [0.05, 0.1) is 13.5 Å². The molecule has 0 aromatic heterocycles. The van der Waals surface area contributed by atoms with E-state index in [1.807, 2.05) is 51.1 Å². The molecule has 168 valence electrons. The standard InChI is InChI=1S/C26H36N2O3/c1-6-8-15-27-26(30)24(7-2)28(18-21-11-13-23(31-5)14-12-21)25(29)17-22-16-19(3)9-10-20(22)4/h9-14,16,24H,6-8,15,17-18H2,1-5H3,(H,27,30)/t24-/m0/s1. The molecule has 0 radical (unpaired) electrons. The molecule has 0 bridgehead atoms. The van der Waals surface area contributed by atoms with Crippen LogP contribution in [0.15, 0.2) is 42.5 Å². The van der Waals surface area contributed by atoms with Gasteiger partial charge in [-0.25, -0.2) is 0 Å². The number of ether oxygens (including phenoxy) is 1. The van der Waals surface area contributed by atoms with Gasteiger partial charge in [0.25, 0.3) is 0 Å². The van der Waals surface area contributed by atoms with Crippen molar-refractivity contribution in [2.24, 2.45) is 0 Å². The molecule has 1 atom stereocenters. The Kier molecular flexibility index (Phi) is 9.57. The maximum Gasteiger partial charge on any atom is 0.242 e. The average molecular weight is 425 g/mol. The summed E-state index contributed by atoms with van der Waals surface area (Å²) in [5.74, 6) is 0.641. The molecule has 2 amide bonds. The lowest BCUT2D eigenvalue weighted by Crippen LogP contribution is -2.49. The lowest BCUT2D eigenvalue weighted by Gasteiger charge is -2.31. The molecule has 0 unspecified atom stereocenters. The van der Waals surface area contributed by atoms with Gasteiger partial charge in [-0.2, -0.15) is 0 Å². The molecule has 0 heterocycles. The maximum atomic E-state index is 13.5.